The molecule has 2 aromatic rings. The molecule has 0 spiro atoms. The smallest absolute Gasteiger partial charge is 0.271 e. The van der Waals surface area contributed by atoms with Crippen molar-refractivity contribution >= 4 is 22.4 Å². The van der Waals surface area contributed by atoms with Crippen LogP contribution < -0.4 is 10.2 Å². The van der Waals surface area contributed by atoms with Crippen LogP contribution in [0.25, 0.3) is 0 Å². The van der Waals surface area contributed by atoms with Crippen molar-refractivity contribution in [1.29, 1.82) is 0 Å². The molecule has 2 aromatic heterocycles. The second kappa shape index (κ2) is 9.30. The second-order valence-corrected chi connectivity index (χ2v) is 8.53. The number of alkyl halides is 1. The van der Waals surface area contributed by atoms with Crippen molar-refractivity contribution in [2.24, 2.45) is 0 Å². The summed E-state index contributed by atoms with van der Waals surface area (Å²) in [5.74, 6) is -2.08. The number of halogens is 3. The van der Waals surface area contributed by atoms with Crippen LogP contribution in [0.1, 0.15) is 41.9 Å². The maximum absolute atomic E-state index is 14.9. The van der Waals surface area contributed by atoms with Crippen LogP contribution in [-0.2, 0) is 6.54 Å². The van der Waals surface area contributed by atoms with Gasteiger partial charge in [0.1, 0.15) is 23.5 Å². The molecule has 2 fully saturated rings. The largest absolute Gasteiger partial charge is 0.345 e. The first-order chi connectivity index (χ1) is 14.5. The molecule has 6 nitrogen and oxygen atoms in total. The van der Waals surface area contributed by atoms with E-state index in [2.05, 4.69) is 20.2 Å². The Hall–Kier alpha value is -2.20. The molecule has 162 valence electrons. The Morgan fingerprint density at radius 3 is 2.77 bits per heavy atom. The molecular weight excluding hydrogens is 415 g/mol. The lowest BCUT2D eigenvalue weighted by atomic mass is 9.98. The molecule has 0 radical (unpaired) electrons. The highest BCUT2D eigenvalue weighted by molar-refractivity contribution is 7.13. The highest BCUT2D eigenvalue weighted by atomic mass is 32.1. The number of pyridine rings is 1. The van der Waals surface area contributed by atoms with E-state index in [-0.39, 0.29) is 30.5 Å². The Morgan fingerprint density at radius 1 is 1.23 bits per heavy atom. The minimum Gasteiger partial charge on any atom is -0.345 e. The topological polar surface area (TPSA) is 61.4 Å². The number of amides is 1. The van der Waals surface area contributed by atoms with Crippen LogP contribution in [-0.4, -0.2) is 59.2 Å². The van der Waals surface area contributed by atoms with E-state index in [0.29, 0.717) is 11.7 Å². The van der Waals surface area contributed by atoms with Crippen molar-refractivity contribution < 1.29 is 18.0 Å². The zero-order valence-corrected chi connectivity index (χ0v) is 17.3. The summed E-state index contributed by atoms with van der Waals surface area (Å²) >= 11 is 1.28. The summed E-state index contributed by atoms with van der Waals surface area (Å²) in [5, 5.41) is 4.73. The van der Waals surface area contributed by atoms with Gasteiger partial charge in [-0.2, -0.15) is 0 Å². The van der Waals surface area contributed by atoms with E-state index in [1.165, 1.54) is 17.8 Å². The van der Waals surface area contributed by atoms with Crippen molar-refractivity contribution in [2.75, 3.05) is 31.1 Å². The first-order valence-corrected chi connectivity index (χ1v) is 11.1. The van der Waals surface area contributed by atoms with Gasteiger partial charge in [0.05, 0.1) is 25.0 Å². The van der Waals surface area contributed by atoms with Gasteiger partial charge in [-0.25, -0.2) is 18.2 Å². The zero-order chi connectivity index (χ0) is 21.1. The highest BCUT2D eigenvalue weighted by Crippen LogP contribution is 2.28. The Morgan fingerprint density at radius 2 is 2.03 bits per heavy atom. The standard InChI is InChI=1S/C20H24F3N5OS/c21-13-8-14(22)16(24-9-13)10-25-19(29)17-12-30-20(26-17)28-7-4-18(15(23)11-28)27-5-2-1-3-6-27/h8-9,12,15,18H,1-7,10-11H2,(H,25,29). The Bertz CT molecular complexity index is 889. The number of piperidine rings is 2. The SMILES string of the molecule is O=C(NCc1ncc(F)cc1F)c1csc(N2CCC(N3CCCCC3)C(F)C2)n1. The van der Waals surface area contributed by atoms with Gasteiger partial charge in [-0.05, 0) is 32.4 Å². The van der Waals surface area contributed by atoms with Crippen molar-refractivity contribution in [3.05, 3.63) is 40.7 Å². The molecule has 10 heteroatoms. The average Bonchev–Trinajstić information content (AvgIpc) is 3.24. The van der Waals surface area contributed by atoms with Crippen LogP contribution >= 0.6 is 11.3 Å². The fourth-order valence-corrected chi connectivity index (χ4v) is 4.91. The molecule has 4 rings (SSSR count). The monoisotopic (exact) mass is 439 g/mol. The number of rotatable bonds is 5. The Kier molecular flexibility index (Phi) is 6.52. The predicted molar refractivity (Wildman–Crippen MR) is 108 cm³/mol. The van der Waals surface area contributed by atoms with Crippen molar-refractivity contribution in [1.82, 2.24) is 20.2 Å². The molecule has 1 amide bonds. The first kappa shape index (κ1) is 21.0. The third-order valence-corrected chi connectivity index (χ3v) is 6.56. The molecule has 0 aliphatic carbocycles. The summed E-state index contributed by atoms with van der Waals surface area (Å²) in [7, 11) is 0. The normalized spacial score (nSPS) is 22.8. The van der Waals surface area contributed by atoms with Gasteiger partial charge in [-0.3, -0.25) is 14.7 Å². The van der Waals surface area contributed by atoms with Gasteiger partial charge in [0, 0.05) is 24.0 Å². The van der Waals surface area contributed by atoms with Gasteiger partial charge in [-0.15, -0.1) is 11.3 Å². The fourth-order valence-electron chi connectivity index (χ4n) is 4.07. The summed E-state index contributed by atoms with van der Waals surface area (Å²) in [4.78, 5) is 24.5. The van der Waals surface area contributed by atoms with Crippen LogP contribution in [0, 0.1) is 11.6 Å². The van der Waals surface area contributed by atoms with Gasteiger partial charge in [-0.1, -0.05) is 6.42 Å². The van der Waals surface area contributed by atoms with E-state index >= 15 is 0 Å². The lowest BCUT2D eigenvalue weighted by Gasteiger charge is -2.42. The highest BCUT2D eigenvalue weighted by Gasteiger charge is 2.35. The number of thiazole rings is 1. The van der Waals surface area contributed by atoms with E-state index in [0.717, 1.165) is 44.6 Å². The van der Waals surface area contributed by atoms with Crippen LogP contribution in [0.4, 0.5) is 18.3 Å². The number of carbonyl (C=O) groups is 1. The summed E-state index contributed by atoms with van der Waals surface area (Å²) in [6.45, 7) is 2.72. The third-order valence-electron chi connectivity index (χ3n) is 5.66. The Balaban J connectivity index is 1.33. The fraction of sp³-hybridized carbons (Fsp3) is 0.550. The molecule has 2 aliphatic rings. The molecule has 2 atom stereocenters. The molecule has 0 bridgehead atoms. The van der Waals surface area contributed by atoms with E-state index in [1.807, 2.05) is 4.90 Å². The summed E-state index contributed by atoms with van der Waals surface area (Å²) < 4.78 is 41.4. The van der Waals surface area contributed by atoms with Crippen molar-refractivity contribution in [3.63, 3.8) is 0 Å². The number of carbonyl (C=O) groups excluding carboxylic acids is 1. The minimum atomic E-state index is -0.953. The van der Waals surface area contributed by atoms with Gasteiger partial charge in [0.2, 0.25) is 0 Å². The molecule has 2 aliphatic heterocycles. The van der Waals surface area contributed by atoms with Crippen LogP contribution in [0.3, 0.4) is 0 Å². The molecule has 1 N–H and O–H groups in total. The number of likely N-dealkylation sites (tertiary alicyclic amines) is 1. The number of aromatic nitrogens is 2. The molecule has 30 heavy (non-hydrogen) atoms. The maximum atomic E-state index is 14.9. The number of nitrogens with one attached hydrogen (secondary N) is 1. The van der Waals surface area contributed by atoms with Gasteiger partial charge in [0.15, 0.2) is 5.13 Å². The van der Waals surface area contributed by atoms with E-state index in [9.17, 15) is 18.0 Å². The number of nitrogens with zero attached hydrogens (tertiary/aromatic N) is 4. The zero-order valence-electron chi connectivity index (χ0n) is 16.5. The molecule has 0 saturated carbocycles. The lowest BCUT2D eigenvalue weighted by molar-refractivity contribution is 0.0767. The number of hydrogen-bond acceptors (Lipinski definition) is 6. The number of hydrogen-bond donors (Lipinski definition) is 1. The first-order valence-electron chi connectivity index (χ1n) is 10.2. The quantitative estimate of drug-likeness (QED) is 0.776. The van der Waals surface area contributed by atoms with Crippen molar-refractivity contribution in [2.45, 2.75) is 44.4 Å². The lowest BCUT2D eigenvalue weighted by Crippen LogP contribution is -2.53. The molecule has 2 unspecified atom stereocenters. The summed E-state index contributed by atoms with van der Waals surface area (Å²) in [5.41, 5.74) is 0.131. The average molecular weight is 440 g/mol. The van der Waals surface area contributed by atoms with E-state index < -0.39 is 23.7 Å². The minimum absolute atomic E-state index is 0.0395. The predicted octanol–water partition coefficient (Wildman–Crippen LogP) is 3.15. The molecule has 4 heterocycles. The van der Waals surface area contributed by atoms with Crippen LogP contribution in [0.15, 0.2) is 17.6 Å². The van der Waals surface area contributed by atoms with Crippen LogP contribution in [0.2, 0.25) is 0 Å². The van der Waals surface area contributed by atoms with E-state index in [4.69, 9.17) is 0 Å². The Labute approximate surface area is 177 Å². The van der Waals surface area contributed by atoms with Crippen LogP contribution in [0.5, 0.6) is 0 Å². The molecule has 2 saturated heterocycles. The van der Waals surface area contributed by atoms with Gasteiger partial charge < -0.3 is 10.2 Å². The van der Waals surface area contributed by atoms with Gasteiger partial charge in [0.25, 0.3) is 5.91 Å². The summed E-state index contributed by atoms with van der Waals surface area (Å²) in [6, 6.07) is 0.679. The summed E-state index contributed by atoms with van der Waals surface area (Å²) in [6.07, 6.45) is 4.17. The van der Waals surface area contributed by atoms with E-state index in [1.54, 1.807) is 5.38 Å². The molecule has 0 aromatic carbocycles. The second-order valence-electron chi connectivity index (χ2n) is 7.69. The third kappa shape index (κ3) is 4.75. The number of anilines is 1. The van der Waals surface area contributed by atoms with Gasteiger partial charge >= 0.3 is 0 Å². The van der Waals surface area contributed by atoms with Crippen molar-refractivity contribution in [3.8, 4) is 0 Å². The maximum Gasteiger partial charge on any atom is 0.271 e. The molecular formula is C20H24F3N5OS.